The van der Waals surface area contributed by atoms with Crippen molar-refractivity contribution in [3.05, 3.63) is 65.2 Å². The van der Waals surface area contributed by atoms with E-state index in [1.807, 2.05) is 49.8 Å². The standard InChI is InChI=1S/C10H12N4.C9H12ClN.C4H9NS/c11-6-9-7-13-10(8-12-9)14-4-2-1-3-5-14;1-7-5-8(6-11-2)3-4-9(7)10;1-4-5(2)6-3/h7-8H,1-5H2;3-5,11H,6H2,1-2H3;4H,1H2,2-3H3. The highest BCUT2D eigenvalue weighted by Crippen LogP contribution is 2.16. The summed E-state index contributed by atoms with van der Waals surface area (Å²) in [5.41, 5.74) is 2.79. The first-order valence-corrected chi connectivity index (χ1v) is 11.8. The molecule has 1 aromatic heterocycles. The molecule has 1 saturated heterocycles. The van der Waals surface area contributed by atoms with Crippen molar-refractivity contribution in [1.82, 2.24) is 19.6 Å². The Morgan fingerprint density at radius 1 is 1.29 bits per heavy atom. The van der Waals surface area contributed by atoms with Gasteiger partial charge in [-0.2, -0.15) is 5.26 Å². The van der Waals surface area contributed by atoms with Crippen LogP contribution in [0.1, 0.15) is 36.1 Å². The Bertz CT molecular complexity index is 816. The van der Waals surface area contributed by atoms with E-state index >= 15 is 0 Å². The number of hydrogen-bond acceptors (Lipinski definition) is 7. The van der Waals surface area contributed by atoms with Crippen LogP contribution in [-0.2, 0) is 6.54 Å². The van der Waals surface area contributed by atoms with Crippen LogP contribution < -0.4 is 10.2 Å². The second-order valence-electron chi connectivity index (χ2n) is 6.94. The number of hydrogen-bond donors (Lipinski definition) is 1. The molecule has 0 spiro atoms. The highest BCUT2D eigenvalue weighted by molar-refractivity contribution is 7.96. The number of nitriles is 1. The predicted molar refractivity (Wildman–Crippen MR) is 133 cm³/mol. The molecule has 0 radical (unpaired) electrons. The van der Waals surface area contributed by atoms with Crippen LogP contribution in [0.25, 0.3) is 0 Å². The number of piperidine rings is 1. The average molecular weight is 461 g/mol. The van der Waals surface area contributed by atoms with Gasteiger partial charge in [0.25, 0.3) is 0 Å². The van der Waals surface area contributed by atoms with Gasteiger partial charge in [-0.25, -0.2) is 9.97 Å². The minimum Gasteiger partial charge on any atom is -0.355 e. The van der Waals surface area contributed by atoms with E-state index in [4.69, 9.17) is 16.9 Å². The summed E-state index contributed by atoms with van der Waals surface area (Å²) in [6.45, 7) is 8.56. The number of nitrogens with zero attached hydrogens (tertiary/aromatic N) is 5. The van der Waals surface area contributed by atoms with E-state index in [1.54, 1.807) is 24.3 Å². The molecule has 0 unspecified atom stereocenters. The number of nitrogens with one attached hydrogen (secondary N) is 1. The summed E-state index contributed by atoms with van der Waals surface area (Å²) in [4.78, 5) is 10.4. The third-order valence-electron chi connectivity index (χ3n) is 4.58. The largest absolute Gasteiger partial charge is 0.355 e. The molecule has 0 amide bonds. The quantitative estimate of drug-likeness (QED) is 0.626. The summed E-state index contributed by atoms with van der Waals surface area (Å²) in [5.74, 6) is 0.892. The molecule has 1 aromatic carbocycles. The summed E-state index contributed by atoms with van der Waals surface area (Å²) < 4.78 is 1.93. The zero-order valence-corrected chi connectivity index (χ0v) is 20.5. The van der Waals surface area contributed by atoms with Crippen LogP contribution >= 0.6 is 23.5 Å². The SMILES string of the molecule is C=CN(C)SC.CNCc1ccc(Cl)c(C)c1.N#Cc1cnc(N2CCCCC2)cn1. The number of halogens is 1. The van der Waals surface area contributed by atoms with Gasteiger partial charge in [-0.15, -0.1) is 0 Å². The van der Waals surface area contributed by atoms with E-state index in [0.29, 0.717) is 5.69 Å². The van der Waals surface area contributed by atoms with Crippen molar-refractivity contribution in [1.29, 1.82) is 5.26 Å². The van der Waals surface area contributed by atoms with E-state index in [0.717, 1.165) is 36.0 Å². The Morgan fingerprint density at radius 2 is 2.00 bits per heavy atom. The van der Waals surface area contributed by atoms with Gasteiger partial charge < -0.3 is 14.5 Å². The van der Waals surface area contributed by atoms with Crippen LogP contribution in [0.5, 0.6) is 0 Å². The van der Waals surface area contributed by atoms with Crippen LogP contribution in [-0.4, -0.2) is 47.7 Å². The van der Waals surface area contributed by atoms with Gasteiger partial charge in [0.2, 0.25) is 0 Å². The van der Waals surface area contributed by atoms with E-state index < -0.39 is 0 Å². The molecule has 31 heavy (non-hydrogen) atoms. The van der Waals surface area contributed by atoms with E-state index in [-0.39, 0.29) is 0 Å². The first kappa shape index (κ1) is 26.8. The minimum absolute atomic E-state index is 0.380. The van der Waals surface area contributed by atoms with Crippen LogP contribution in [0.4, 0.5) is 5.82 Å². The molecule has 0 atom stereocenters. The Balaban J connectivity index is 0.000000253. The van der Waals surface area contributed by atoms with Crippen LogP contribution in [0.15, 0.2) is 43.4 Å². The van der Waals surface area contributed by atoms with E-state index in [1.165, 1.54) is 31.0 Å². The number of aromatic nitrogens is 2. The monoisotopic (exact) mass is 460 g/mol. The molecule has 6 nitrogen and oxygen atoms in total. The first-order valence-electron chi connectivity index (χ1n) is 10.2. The lowest BCUT2D eigenvalue weighted by Crippen LogP contribution is -2.30. The van der Waals surface area contributed by atoms with Crippen molar-refractivity contribution in [3.63, 3.8) is 0 Å². The average Bonchev–Trinajstić information content (AvgIpc) is 2.82. The van der Waals surface area contributed by atoms with Crippen molar-refractivity contribution in [2.24, 2.45) is 0 Å². The summed E-state index contributed by atoms with van der Waals surface area (Å²) in [7, 11) is 3.89. The zero-order valence-electron chi connectivity index (χ0n) is 18.9. The highest BCUT2D eigenvalue weighted by atomic mass is 35.5. The maximum Gasteiger partial charge on any atom is 0.158 e. The third-order valence-corrected chi connectivity index (χ3v) is 5.73. The molecule has 168 valence electrons. The van der Waals surface area contributed by atoms with Gasteiger partial charge in [-0.05, 0) is 50.4 Å². The van der Waals surface area contributed by atoms with E-state index in [2.05, 4.69) is 32.8 Å². The minimum atomic E-state index is 0.380. The lowest BCUT2D eigenvalue weighted by atomic mass is 10.1. The summed E-state index contributed by atoms with van der Waals surface area (Å²) >= 11 is 7.50. The summed E-state index contributed by atoms with van der Waals surface area (Å²) in [6.07, 6.45) is 10.7. The molecule has 1 aliphatic rings. The van der Waals surface area contributed by atoms with Gasteiger partial charge in [-0.1, -0.05) is 42.3 Å². The molecular weight excluding hydrogens is 428 g/mol. The second-order valence-corrected chi connectivity index (χ2v) is 8.29. The second kappa shape index (κ2) is 15.5. The van der Waals surface area contributed by atoms with Gasteiger partial charge in [0.1, 0.15) is 11.9 Å². The number of aryl methyl sites for hydroxylation is 1. The molecule has 1 N–H and O–H groups in total. The normalized spacial score (nSPS) is 12.5. The van der Waals surface area contributed by atoms with Crippen molar-refractivity contribution >= 4 is 29.4 Å². The van der Waals surface area contributed by atoms with E-state index in [9.17, 15) is 0 Å². The number of rotatable bonds is 5. The zero-order chi connectivity index (χ0) is 23.1. The number of benzene rings is 1. The third kappa shape index (κ3) is 10.5. The van der Waals surface area contributed by atoms with Gasteiger partial charge >= 0.3 is 0 Å². The highest BCUT2D eigenvalue weighted by Gasteiger charge is 2.11. The molecule has 2 heterocycles. The summed E-state index contributed by atoms with van der Waals surface area (Å²) in [5, 5.41) is 12.5. The Hall–Kier alpha value is -2.27. The molecule has 0 saturated carbocycles. The van der Waals surface area contributed by atoms with Crippen molar-refractivity contribution in [2.45, 2.75) is 32.7 Å². The smallest absolute Gasteiger partial charge is 0.158 e. The lowest BCUT2D eigenvalue weighted by Gasteiger charge is -2.27. The van der Waals surface area contributed by atoms with Gasteiger partial charge in [0, 0.05) is 44.2 Å². The van der Waals surface area contributed by atoms with Crippen molar-refractivity contribution < 1.29 is 0 Å². The molecule has 0 bridgehead atoms. The molecule has 1 aliphatic heterocycles. The van der Waals surface area contributed by atoms with Crippen molar-refractivity contribution in [3.8, 4) is 6.07 Å². The fraction of sp³-hybridized carbons (Fsp3) is 0.435. The number of anilines is 1. The first-order chi connectivity index (χ1) is 14.9. The van der Waals surface area contributed by atoms with Gasteiger partial charge in [0.15, 0.2) is 5.69 Å². The maximum atomic E-state index is 8.57. The summed E-state index contributed by atoms with van der Waals surface area (Å²) in [6, 6.07) is 8.03. The Kier molecular flexibility index (Phi) is 13.4. The predicted octanol–water partition coefficient (Wildman–Crippen LogP) is 5.05. The molecule has 3 rings (SSSR count). The van der Waals surface area contributed by atoms with Gasteiger partial charge in [-0.3, -0.25) is 0 Å². The Morgan fingerprint density at radius 3 is 2.45 bits per heavy atom. The van der Waals surface area contributed by atoms with Gasteiger partial charge in [0.05, 0.1) is 12.4 Å². The van der Waals surface area contributed by atoms with Crippen LogP contribution in [0, 0.1) is 18.3 Å². The topological polar surface area (TPSA) is 68.1 Å². The van der Waals surface area contributed by atoms with Crippen LogP contribution in [0.3, 0.4) is 0 Å². The van der Waals surface area contributed by atoms with Crippen molar-refractivity contribution in [2.75, 3.05) is 38.3 Å². The molecule has 8 heteroatoms. The Labute approximate surface area is 196 Å². The molecule has 2 aromatic rings. The molecular formula is C23H33ClN6S. The molecule has 0 aliphatic carbocycles. The van der Waals surface area contributed by atoms with Crippen LogP contribution in [0.2, 0.25) is 5.02 Å². The molecule has 1 fully saturated rings. The lowest BCUT2D eigenvalue weighted by molar-refractivity contribution is 0.572. The fourth-order valence-electron chi connectivity index (χ4n) is 2.76. The maximum absolute atomic E-state index is 8.57. The fourth-order valence-corrected chi connectivity index (χ4v) is 3.03.